The summed E-state index contributed by atoms with van der Waals surface area (Å²) in [5.41, 5.74) is 1.28. The molecule has 0 saturated heterocycles. The van der Waals surface area contributed by atoms with Gasteiger partial charge in [0.25, 0.3) is 5.69 Å². The Bertz CT molecular complexity index is 913. The van der Waals surface area contributed by atoms with Crippen LogP contribution in [-0.4, -0.2) is 14.9 Å². The van der Waals surface area contributed by atoms with E-state index in [0.717, 1.165) is 6.20 Å². The minimum absolute atomic E-state index is 0.114. The van der Waals surface area contributed by atoms with Crippen LogP contribution in [-0.2, 0) is 0 Å². The van der Waals surface area contributed by atoms with E-state index in [2.05, 4.69) is 30.4 Å². The van der Waals surface area contributed by atoms with Crippen LogP contribution in [0.3, 0.4) is 0 Å². The van der Waals surface area contributed by atoms with Crippen LogP contribution in [0.2, 0.25) is 0 Å². The molecule has 26 heavy (non-hydrogen) atoms. The van der Waals surface area contributed by atoms with Crippen molar-refractivity contribution in [1.82, 2.24) is 9.97 Å². The van der Waals surface area contributed by atoms with E-state index in [1.54, 1.807) is 18.5 Å². The summed E-state index contributed by atoms with van der Waals surface area (Å²) < 4.78 is 0. The van der Waals surface area contributed by atoms with Gasteiger partial charge in [0.2, 0.25) is 6.17 Å². The summed E-state index contributed by atoms with van der Waals surface area (Å²) in [6, 6.07) is 15.5. The Labute approximate surface area is 148 Å². The molecule has 3 aromatic rings. The maximum absolute atomic E-state index is 10.7. The second kappa shape index (κ2) is 8.29. The predicted octanol–water partition coefficient (Wildman–Crippen LogP) is 4.95. The summed E-state index contributed by atoms with van der Waals surface area (Å²) in [4.78, 5) is 18.1. The molecule has 2 aromatic heterocycles. The highest BCUT2D eigenvalue weighted by Crippen LogP contribution is 2.24. The zero-order valence-corrected chi connectivity index (χ0v) is 13.5. The summed E-state index contributed by atoms with van der Waals surface area (Å²) >= 11 is 0. The van der Waals surface area contributed by atoms with Crippen molar-refractivity contribution >= 4 is 17.2 Å². The van der Waals surface area contributed by atoms with E-state index in [0.29, 0.717) is 11.3 Å². The van der Waals surface area contributed by atoms with E-state index in [4.69, 9.17) is 0 Å². The van der Waals surface area contributed by atoms with Gasteiger partial charge in [0.1, 0.15) is 6.20 Å². The van der Waals surface area contributed by atoms with E-state index in [9.17, 15) is 10.1 Å². The zero-order chi connectivity index (χ0) is 18.2. The van der Waals surface area contributed by atoms with Crippen LogP contribution >= 0.6 is 0 Å². The van der Waals surface area contributed by atoms with Crippen molar-refractivity contribution in [3.63, 3.8) is 0 Å². The number of hydrogen-bond donors (Lipinski definition) is 0. The standard InChI is InChI=1S/C17H13N7O2/c25-24(26)15-8-9-16(19-12-15)21-23-17(13-5-4-10-18-11-13)22-20-14-6-2-1-3-7-14/h1-12,17H. The highest BCUT2D eigenvalue weighted by Gasteiger charge is 2.10. The second-order valence-corrected chi connectivity index (χ2v) is 5.06. The molecule has 0 aliphatic heterocycles. The molecule has 0 fully saturated rings. The molecule has 0 amide bonds. The lowest BCUT2D eigenvalue weighted by atomic mass is 10.2. The van der Waals surface area contributed by atoms with Crippen molar-refractivity contribution in [3.05, 3.63) is 88.9 Å². The van der Waals surface area contributed by atoms with Gasteiger partial charge in [0.05, 0.1) is 10.6 Å². The van der Waals surface area contributed by atoms with Gasteiger partial charge >= 0.3 is 0 Å². The van der Waals surface area contributed by atoms with Crippen molar-refractivity contribution in [1.29, 1.82) is 0 Å². The Balaban J connectivity index is 1.83. The van der Waals surface area contributed by atoms with Gasteiger partial charge in [0, 0.05) is 24.0 Å². The maximum Gasteiger partial charge on any atom is 0.287 e. The molecule has 1 unspecified atom stereocenters. The van der Waals surface area contributed by atoms with Crippen LogP contribution in [0.4, 0.5) is 17.2 Å². The van der Waals surface area contributed by atoms with Crippen molar-refractivity contribution < 1.29 is 4.92 Å². The summed E-state index contributed by atoms with van der Waals surface area (Å²) in [5, 5.41) is 27.2. The number of benzene rings is 1. The molecule has 0 aliphatic rings. The first kappa shape index (κ1) is 17.0. The van der Waals surface area contributed by atoms with Crippen LogP contribution in [0.25, 0.3) is 0 Å². The molecule has 1 aromatic carbocycles. The maximum atomic E-state index is 10.7. The number of aromatic nitrogens is 2. The molecule has 1 atom stereocenters. The second-order valence-electron chi connectivity index (χ2n) is 5.06. The smallest absolute Gasteiger partial charge is 0.264 e. The SMILES string of the molecule is O=[N+]([O-])c1ccc(N=NC(N=Nc2ccccc2)c2cccnc2)nc1. The summed E-state index contributed by atoms with van der Waals surface area (Å²) in [6.45, 7) is 0. The quantitative estimate of drug-likeness (QED) is 0.356. The monoisotopic (exact) mass is 347 g/mol. The fourth-order valence-electron chi connectivity index (χ4n) is 1.96. The van der Waals surface area contributed by atoms with E-state index in [1.165, 1.54) is 12.1 Å². The van der Waals surface area contributed by atoms with Gasteiger partial charge in [-0.3, -0.25) is 15.1 Å². The van der Waals surface area contributed by atoms with Crippen molar-refractivity contribution in [3.8, 4) is 0 Å². The van der Waals surface area contributed by atoms with Gasteiger partial charge in [-0.05, 0) is 24.3 Å². The molecule has 0 bridgehead atoms. The van der Waals surface area contributed by atoms with Crippen molar-refractivity contribution in [2.24, 2.45) is 20.5 Å². The summed E-state index contributed by atoms with van der Waals surface area (Å²) in [5.74, 6) is 0.236. The number of hydrogen-bond acceptors (Lipinski definition) is 8. The highest BCUT2D eigenvalue weighted by molar-refractivity contribution is 5.36. The topological polar surface area (TPSA) is 118 Å². The Morgan fingerprint density at radius 3 is 2.38 bits per heavy atom. The molecule has 9 nitrogen and oxygen atoms in total. The summed E-state index contributed by atoms with van der Waals surface area (Å²) in [7, 11) is 0. The van der Waals surface area contributed by atoms with Gasteiger partial charge < -0.3 is 0 Å². The average molecular weight is 347 g/mol. The Kier molecular flexibility index (Phi) is 5.41. The minimum Gasteiger partial charge on any atom is -0.264 e. The molecular weight excluding hydrogens is 334 g/mol. The van der Waals surface area contributed by atoms with Crippen LogP contribution in [0.5, 0.6) is 0 Å². The summed E-state index contributed by atoms with van der Waals surface area (Å²) in [6.07, 6.45) is 3.68. The van der Waals surface area contributed by atoms with Crippen LogP contribution in [0, 0.1) is 10.1 Å². The van der Waals surface area contributed by atoms with E-state index < -0.39 is 11.1 Å². The molecule has 0 radical (unpaired) electrons. The highest BCUT2D eigenvalue weighted by atomic mass is 16.6. The van der Waals surface area contributed by atoms with Gasteiger partial charge in [-0.2, -0.15) is 15.3 Å². The number of nitrogens with zero attached hydrogens (tertiary/aromatic N) is 7. The molecule has 0 spiro atoms. The fourth-order valence-corrected chi connectivity index (χ4v) is 1.96. The van der Waals surface area contributed by atoms with Gasteiger partial charge in [0.15, 0.2) is 5.82 Å². The largest absolute Gasteiger partial charge is 0.287 e. The molecular formula is C17H13N7O2. The minimum atomic E-state index is -0.708. The zero-order valence-electron chi connectivity index (χ0n) is 13.5. The number of azo groups is 2. The first-order valence-corrected chi connectivity index (χ1v) is 7.59. The molecule has 2 heterocycles. The van der Waals surface area contributed by atoms with E-state index >= 15 is 0 Å². The fraction of sp³-hybridized carbons (Fsp3) is 0.0588. The van der Waals surface area contributed by atoms with Crippen molar-refractivity contribution in [2.75, 3.05) is 0 Å². The number of rotatable bonds is 6. The van der Waals surface area contributed by atoms with E-state index in [1.807, 2.05) is 36.4 Å². The third kappa shape index (κ3) is 4.57. The Morgan fingerprint density at radius 1 is 0.923 bits per heavy atom. The van der Waals surface area contributed by atoms with Crippen molar-refractivity contribution in [2.45, 2.75) is 6.17 Å². The lowest BCUT2D eigenvalue weighted by Crippen LogP contribution is -1.91. The number of nitro groups is 1. The Morgan fingerprint density at radius 2 is 1.73 bits per heavy atom. The first-order valence-electron chi connectivity index (χ1n) is 7.59. The molecule has 0 N–H and O–H groups in total. The third-order valence-corrected chi connectivity index (χ3v) is 3.23. The van der Waals surface area contributed by atoms with Gasteiger partial charge in [-0.15, -0.1) is 5.11 Å². The van der Waals surface area contributed by atoms with Gasteiger partial charge in [-0.1, -0.05) is 24.3 Å². The number of pyridine rings is 2. The first-order chi connectivity index (χ1) is 12.7. The predicted molar refractivity (Wildman–Crippen MR) is 93.3 cm³/mol. The van der Waals surface area contributed by atoms with Crippen LogP contribution < -0.4 is 0 Å². The molecule has 0 saturated carbocycles. The lowest BCUT2D eigenvalue weighted by molar-refractivity contribution is -0.385. The Hall–Kier alpha value is -3.88. The van der Waals surface area contributed by atoms with E-state index in [-0.39, 0.29) is 11.5 Å². The molecule has 0 aliphatic carbocycles. The molecule has 9 heteroatoms. The van der Waals surface area contributed by atoms with Gasteiger partial charge in [-0.25, -0.2) is 4.98 Å². The van der Waals surface area contributed by atoms with Crippen LogP contribution in [0.15, 0.2) is 93.6 Å². The van der Waals surface area contributed by atoms with Crippen LogP contribution in [0.1, 0.15) is 11.7 Å². The molecule has 3 rings (SSSR count). The lowest BCUT2D eigenvalue weighted by Gasteiger charge is -2.04. The third-order valence-electron chi connectivity index (χ3n) is 3.23. The average Bonchev–Trinajstić information content (AvgIpc) is 2.70. The molecule has 128 valence electrons. The normalized spacial score (nSPS) is 12.5.